The van der Waals surface area contributed by atoms with Gasteiger partial charge in [-0.25, -0.2) is 0 Å². The summed E-state index contributed by atoms with van der Waals surface area (Å²) < 4.78 is 5.83. The molecular weight excluding hydrogens is 200 g/mol. The summed E-state index contributed by atoms with van der Waals surface area (Å²) in [5.74, 6) is 0.848. The van der Waals surface area contributed by atoms with Crippen molar-refractivity contribution in [3.8, 4) is 0 Å². The molecule has 2 saturated carbocycles. The van der Waals surface area contributed by atoms with Gasteiger partial charge in [-0.1, -0.05) is 0 Å². The van der Waals surface area contributed by atoms with Gasteiger partial charge in [0.25, 0.3) is 0 Å². The number of ether oxygens (including phenoxy) is 1. The minimum atomic E-state index is 0.461. The van der Waals surface area contributed by atoms with Gasteiger partial charge in [0.1, 0.15) is 0 Å². The van der Waals surface area contributed by atoms with Gasteiger partial charge in [0.2, 0.25) is 0 Å². The molecule has 16 heavy (non-hydrogen) atoms. The molecule has 3 fully saturated rings. The first-order valence-electron chi connectivity index (χ1n) is 6.96. The number of morpholine rings is 1. The van der Waals surface area contributed by atoms with E-state index in [1.807, 2.05) is 0 Å². The molecule has 3 nitrogen and oxygen atoms in total. The zero-order chi connectivity index (χ0) is 11.0. The molecule has 0 aromatic carbocycles. The molecule has 0 spiro atoms. The van der Waals surface area contributed by atoms with Crippen LogP contribution in [0.15, 0.2) is 0 Å². The lowest BCUT2D eigenvalue weighted by molar-refractivity contribution is -0.0562. The summed E-state index contributed by atoms with van der Waals surface area (Å²) in [6.45, 7) is 3.25. The molecule has 3 heteroatoms. The first-order valence-corrected chi connectivity index (χ1v) is 6.96. The van der Waals surface area contributed by atoms with Crippen LogP contribution in [0.2, 0.25) is 0 Å². The number of hydrogen-bond donors (Lipinski definition) is 1. The van der Waals surface area contributed by atoms with E-state index >= 15 is 0 Å². The van der Waals surface area contributed by atoms with Crippen molar-refractivity contribution < 1.29 is 4.74 Å². The summed E-state index contributed by atoms with van der Waals surface area (Å²) in [6, 6.07) is 1.17. The highest BCUT2D eigenvalue weighted by Crippen LogP contribution is 2.34. The van der Waals surface area contributed by atoms with Crippen LogP contribution in [0.4, 0.5) is 0 Å². The molecule has 0 radical (unpaired) electrons. The summed E-state index contributed by atoms with van der Waals surface area (Å²) >= 11 is 0. The van der Waals surface area contributed by atoms with E-state index in [2.05, 4.69) is 4.90 Å². The molecule has 3 aliphatic rings. The molecule has 1 aliphatic heterocycles. The third kappa shape index (κ3) is 2.27. The van der Waals surface area contributed by atoms with Gasteiger partial charge >= 0.3 is 0 Å². The molecule has 92 valence electrons. The number of hydrogen-bond acceptors (Lipinski definition) is 3. The molecule has 0 amide bonds. The van der Waals surface area contributed by atoms with E-state index in [4.69, 9.17) is 10.5 Å². The van der Waals surface area contributed by atoms with Crippen molar-refractivity contribution in [3.63, 3.8) is 0 Å². The predicted molar refractivity (Wildman–Crippen MR) is 64.3 cm³/mol. The second-order valence-electron chi connectivity index (χ2n) is 5.73. The Bertz CT molecular complexity index is 242. The lowest BCUT2D eigenvalue weighted by Crippen LogP contribution is -2.49. The monoisotopic (exact) mass is 224 g/mol. The Labute approximate surface area is 98.3 Å². The first kappa shape index (κ1) is 11.0. The van der Waals surface area contributed by atoms with Crippen molar-refractivity contribution in [2.45, 2.75) is 56.7 Å². The van der Waals surface area contributed by atoms with Crippen molar-refractivity contribution >= 4 is 0 Å². The zero-order valence-corrected chi connectivity index (χ0v) is 10.1. The Morgan fingerprint density at radius 3 is 2.94 bits per heavy atom. The van der Waals surface area contributed by atoms with Gasteiger partial charge in [0.15, 0.2) is 0 Å². The van der Waals surface area contributed by atoms with Crippen LogP contribution in [0.25, 0.3) is 0 Å². The van der Waals surface area contributed by atoms with Crippen LogP contribution in [0.1, 0.15) is 38.5 Å². The summed E-state index contributed by atoms with van der Waals surface area (Å²) in [5.41, 5.74) is 6.18. The Kier molecular flexibility index (Phi) is 3.18. The molecule has 2 N–H and O–H groups in total. The topological polar surface area (TPSA) is 38.5 Å². The lowest BCUT2D eigenvalue weighted by Gasteiger charge is -2.38. The molecule has 1 heterocycles. The number of rotatable bonds is 4. The molecule has 3 unspecified atom stereocenters. The minimum absolute atomic E-state index is 0.461. The van der Waals surface area contributed by atoms with Crippen LogP contribution in [0.5, 0.6) is 0 Å². The van der Waals surface area contributed by atoms with Crippen molar-refractivity contribution in [2.24, 2.45) is 11.7 Å². The minimum Gasteiger partial charge on any atom is -0.375 e. The van der Waals surface area contributed by atoms with Gasteiger partial charge in [0, 0.05) is 25.2 Å². The normalized spacial score (nSPS) is 37.3. The molecule has 0 bridgehead atoms. The third-order valence-electron chi connectivity index (χ3n) is 4.57. The standard InChI is InChI=1S/C13H24N2O/c14-11(10-4-5-10)6-7-15-8-9-16-13-3-1-2-12(13)15/h10-13H,1-9,14H2. The number of nitrogens with zero attached hydrogens (tertiary/aromatic N) is 1. The Morgan fingerprint density at radius 1 is 1.25 bits per heavy atom. The molecule has 0 aromatic rings. The first-order chi connectivity index (χ1) is 7.84. The predicted octanol–water partition coefficient (Wildman–Crippen LogP) is 1.37. The highest BCUT2D eigenvalue weighted by molar-refractivity contribution is 4.91. The van der Waals surface area contributed by atoms with Crippen LogP contribution in [0, 0.1) is 5.92 Å². The molecular formula is C13H24N2O. The van der Waals surface area contributed by atoms with E-state index in [1.54, 1.807) is 0 Å². The maximum atomic E-state index is 6.18. The van der Waals surface area contributed by atoms with Gasteiger partial charge in [-0.3, -0.25) is 4.90 Å². The van der Waals surface area contributed by atoms with Gasteiger partial charge < -0.3 is 10.5 Å². The van der Waals surface area contributed by atoms with Crippen LogP contribution in [-0.2, 0) is 4.74 Å². The van der Waals surface area contributed by atoms with E-state index < -0.39 is 0 Å². The van der Waals surface area contributed by atoms with E-state index in [1.165, 1.54) is 45.1 Å². The summed E-state index contributed by atoms with van der Waals surface area (Å²) in [7, 11) is 0. The van der Waals surface area contributed by atoms with Gasteiger partial charge in [-0.05, 0) is 44.4 Å². The van der Waals surface area contributed by atoms with Gasteiger partial charge in [0.05, 0.1) is 12.7 Å². The molecule has 1 saturated heterocycles. The average molecular weight is 224 g/mol. The fraction of sp³-hybridized carbons (Fsp3) is 1.00. The van der Waals surface area contributed by atoms with Crippen LogP contribution >= 0.6 is 0 Å². The summed E-state index contributed by atoms with van der Waals surface area (Å²) in [6.07, 6.45) is 8.42. The van der Waals surface area contributed by atoms with E-state index in [0.717, 1.165) is 19.1 Å². The van der Waals surface area contributed by atoms with Crippen LogP contribution in [0.3, 0.4) is 0 Å². The fourth-order valence-electron chi connectivity index (χ4n) is 3.36. The van der Waals surface area contributed by atoms with Gasteiger partial charge in [-0.2, -0.15) is 0 Å². The second-order valence-corrected chi connectivity index (χ2v) is 5.73. The average Bonchev–Trinajstić information content (AvgIpc) is 3.04. The summed E-state index contributed by atoms with van der Waals surface area (Å²) in [5, 5.41) is 0. The SMILES string of the molecule is NC(CCN1CCOC2CCCC21)C1CC1. The van der Waals surface area contributed by atoms with Crippen molar-refractivity contribution in [3.05, 3.63) is 0 Å². The van der Waals surface area contributed by atoms with Crippen molar-refractivity contribution in [1.82, 2.24) is 4.90 Å². The number of nitrogens with two attached hydrogens (primary N) is 1. The molecule has 3 rings (SSSR count). The van der Waals surface area contributed by atoms with Crippen molar-refractivity contribution in [2.75, 3.05) is 19.7 Å². The second kappa shape index (κ2) is 4.63. The molecule has 3 atom stereocenters. The van der Waals surface area contributed by atoms with E-state index in [-0.39, 0.29) is 0 Å². The van der Waals surface area contributed by atoms with Crippen LogP contribution < -0.4 is 5.73 Å². The highest BCUT2D eigenvalue weighted by atomic mass is 16.5. The maximum absolute atomic E-state index is 6.18. The smallest absolute Gasteiger partial charge is 0.0730 e. The zero-order valence-electron chi connectivity index (χ0n) is 10.1. The molecule has 2 aliphatic carbocycles. The number of fused-ring (bicyclic) bond motifs is 1. The molecule has 0 aromatic heterocycles. The van der Waals surface area contributed by atoms with E-state index in [0.29, 0.717) is 18.2 Å². The highest BCUT2D eigenvalue weighted by Gasteiger charge is 2.36. The largest absolute Gasteiger partial charge is 0.375 e. The van der Waals surface area contributed by atoms with E-state index in [9.17, 15) is 0 Å². The Balaban J connectivity index is 1.49. The lowest BCUT2D eigenvalue weighted by atomic mass is 10.1. The summed E-state index contributed by atoms with van der Waals surface area (Å²) in [4.78, 5) is 2.64. The Hall–Kier alpha value is -0.120. The maximum Gasteiger partial charge on any atom is 0.0730 e. The Morgan fingerprint density at radius 2 is 2.12 bits per heavy atom. The quantitative estimate of drug-likeness (QED) is 0.784. The van der Waals surface area contributed by atoms with Crippen LogP contribution in [-0.4, -0.2) is 42.8 Å². The van der Waals surface area contributed by atoms with Crippen molar-refractivity contribution in [1.29, 1.82) is 0 Å². The van der Waals surface area contributed by atoms with Gasteiger partial charge in [-0.15, -0.1) is 0 Å². The third-order valence-corrected chi connectivity index (χ3v) is 4.57. The fourth-order valence-corrected chi connectivity index (χ4v) is 3.36.